The summed E-state index contributed by atoms with van der Waals surface area (Å²) in [5, 5.41) is 0. The van der Waals surface area contributed by atoms with Crippen molar-refractivity contribution in [2.45, 2.75) is 46.0 Å². The van der Waals surface area contributed by atoms with Crippen molar-refractivity contribution in [2.24, 2.45) is 5.92 Å². The zero-order valence-corrected chi connectivity index (χ0v) is 9.80. The second-order valence-corrected chi connectivity index (χ2v) is 5.11. The molecule has 1 aromatic carbocycles. The summed E-state index contributed by atoms with van der Waals surface area (Å²) in [4.78, 5) is 0. The summed E-state index contributed by atoms with van der Waals surface area (Å²) >= 11 is 0. The average Bonchev–Trinajstić information content (AvgIpc) is 2.16. The third-order valence-corrected chi connectivity index (χ3v) is 2.85. The molecule has 0 nitrogen and oxygen atoms in total. The molecule has 0 heteroatoms. The molecule has 0 heterocycles. The Morgan fingerprint density at radius 3 is 2.29 bits per heavy atom. The molecule has 0 unspecified atom stereocenters. The van der Waals surface area contributed by atoms with Crippen molar-refractivity contribution in [3.8, 4) is 0 Å². The quantitative estimate of drug-likeness (QED) is 0.666. The Labute approximate surface area is 88.4 Å². The van der Waals surface area contributed by atoms with Gasteiger partial charge in [-0.25, -0.2) is 0 Å². The lowest BCUT2D eigenvalue weighted by atomic mass is 9.79. The van der Waals surface area contributed by atoms with Crippen LogP contribution >= 0.6 is 0 Å². The fourth-order valence-corrected chi connectivity index (χ4v) is 1.63. The Morgan fingerprint density at radius 1 is 1.21 bits per heavy atom. The van der Waals surface area contributed by atoms with Crippen molar-refractivity contribution in [3.63, 3.8) is 0 Å². The molecule has 0 atom stereocenters. The second kappa shape index (κ2) is 4.63. The summed E-state index contributed by atoms with van der Waals surface area (Å²) in [5.41, 5.74) is 1.73. The van der Waals surface area contributed by atoms with Gasteiger partial charge in [-0.3, -0.25) is 0 Å². The number of hydrogen-bond acceptors (Lipinski definition) is 0. The van der Waals surface area contributed by atoms with Crippen LogP contribution < -0.4 is 0 Å². The van der Waals surface area contributed by atoms with E-state index in [1.807, 2.05) is 12.1 Å². The first-order chi connectivity index (χ1) is 6.52. The van der Waals surface area contributed by atoms with E-state index < -0.39 is 0 Å². The van der Waals surface area contributed by atoms with Gasteiger partial charge < -0.3 is 0 Å². The monoisotopic (exact) mass is 189 g/mol. The lowest BCUT2D eigenvalue weighted by Crippen LogP contribution is -2.17. The number of hydrogen-bond donors (Lipinski definition) is 0. The van der Waals surface area contributed by atoms with Gasteiger partial charge in [0, 0.05) is 0 Å². The molecule has 14 heavy (non-hydrogen) atoms. The minimum atomic E-state index is 0.305. The van der Waals surface area contributed by atoms with Crippen LogP contribution in [-0.2, 0) is 5.41 Å². The minimum Gasteiger partial charge on any atom is -0.0628 e. The Kier molecular flexibility index (Phi) is 3.74. The Morgan fingerprint density at radius 2 is 1.79 bits per heavy atom. The first-order valence-corrected chi connectivity index (χ1v) is 5.49. The van der Waals surface area contributed by atoms with E-state index in [0.717, 1.165) is 5.92 Å². The lowest BCUT2D eigenvalue weighted by Gasteiger charge is -2.26. The molecule has 77 valence electrons. The molecular weight excluding hydrogens is 168 g/mol. The van der Waals surface area contributed by atoms with Crippen LogP contribution in [0.25, 0.3) is 0 Å². The minimum absolute atomic E-state index is 0.305. The zero-order valence-electron chi connectivity index (χ0n) is 9.80. The van der Waals surface area contributed by atoms with E-state index in [4.69, 9.17) is 0 Å². The SMILES string of the molecule is CC(C)CCC(C)(C)c1cc[c]cc1. The van der Waals surface area contributed by atoms with Gasteiger partial charge in [0.25, 0.3) is 0 Å². The molecule has 0 aliphatic rings. The fourth-order valence-electron chi connectivity index (χ4n) is 1.63. The highest BCUT2D eigenvalue weighted by Crippen LogP contribution is 2.29. The van der Waals surface area contributed by atoms with Crippen LogP contribution in [0, 0.1) is 12.0 Å². The van der Waals surface area contributed by atoms with Gasteiger partial charge in [0.05, 0.1) is 0 Å². The molecule has 1 radical (unpaired) electrons. The normalized spacial score (nSPS) is 12.1. The molecule has 0 aliphatic heterocycles. The first kappa shape index (κ1) is 11.3. The van der Waals surface area contributed by atoms with Gasteiger partial charge in [0.1, 0.15) is 0 Å². The van der Waals surface area contributed by atoms with Crippen molar-refractivity contribution < 1.29 is 0 Å². The number of benzene rings is 1. The molecule has 0 N–H and O–H groups in total. The van der Waals surface area contributed by atoms with Crippen LogP contribution in [0.2, 0.25) is 0 Å². The van der Waals surface area contributed by atoms with E-state index in [2.05, 4.69) is 45.9 Å². The maximum Gasteiger partial charge on any atom is -0.0103 e. The largest absolute Gasteiger partial charge is 0.0628 e. The number of rotatable bonds is 4. The van der Waals surface area contributed by atoms with Crippen LogP contribution in [0.5, 0.6) is 0 Å². The molecule has 0 bridgehead atoms. The van der Waals surface area contributed by atoms with Crippen molar-refractivity contribution >= 4 is 0 Å². The zero-order chi connectivity index (χ0) is 10.6. The summed E-state index contributed by atoms with van der Waals surface area (Å²) in [6.07, 6.45) is 2.56. The van der Waals surface area contributed by atoms with E-state index in [1.165, 1.54) is 18.4 Å². The molecule has 0 aromatic heterocycles. The smallest absolute Gasteiger partial charge is 0.0103 e. The highest BCUT2D eigenvalue weighted by molar-refractivity contribution is 5.22. The summed E-state index contributed by atoms with van der Waals surface area (Å²) in [7, 11) is 0. The standard InChI is InChI=1S/C14H21/c1-12(2)10-11-14(3,4)13-8-6-5-7-9-13/h6-9,12H,10-11H2,1-4H3. The van der Waals surface area contributed by atoms with Crippen LogP contribution in [0.15, 0.2) is 24.3 Å². The summed E-state index contributed by atoms with van der Waals surface area (Å²) < 4.78 is 0. The third-order valence-electron chi connectivity index (χ3n) is 2.85. The maximum absolute atomic E-state index is 3.07. The van der Waals surface area contributed by atoms with Crippen molar-refractivity contribution in [3.05, 3.63) is 35.9 Å². The molecule has 0 aliphatic carbocycles. The molecule has 0 amide bonds. The van der Waals surface area contributed by atoms with Crippen LogP contribution in [0.3, 0.4) is 0 Å². The highest BCUT2D eigenvalue weighted by Gasteiger charge is 2.19. The first-order valence-electron chi connectivity index (χ1n) is 5.49. The van der Waals surface area contributed by atoms with Gasteiger partial charge >= 0.3 is 0 Å². The summed E-state index contributed by atoms with van der Waals surface area (Å²) in [5.74, 6) is 0.796. The third kappa shape index (κ3) is 3.17. The molecule has 1 aromatic rings. The molecule has 0 saturated carbocycles. The molecule has 0 saturated heterocycles. The fraction of sp³-hybridized carbons (Fsp3) is 0.571. The maximum atomic E-state index is 3.07. The summed E-state index contributed by atoms with van der Waals surface area (Å²) in [6, 6.07) is 11.4. The van der Waals surface area contributed by atoms with Crippen LogP contribution in [0.1, 0.15) is 46.1 Å². The van der Waals surface area contributed by atoms with Crippen molar-refractivity contribution in [1.29, 1.82) is 0 Å². The van der Waals surface area contributed by atoms with Gasteiger partial charge in [-0.1, -0.05) is 58.4 Å². The van der Waals surface area contributed by atoms with Crippen LogP contribution in [0.4, 0.5) is 0 Å². The lowest BCUT2D eigenvalue weighted by molar-refractivity contribution is 0.415. The van der Waals surface area contributed by atoms with Crippen molar-refractivity contribution in [1.82, 2.24) is 0 Å². The Balaban J connectivity index is 2.66. The predicted octanol–water partition coefficient (Wildman–Crippen LogP) is 4.20. The van der Waals surface area contributed by atoms with E-state index in [0.29, 0.717) is 5.41 Å². The highest BCUT2D eigenvalue weighted by atomic mass is 14.2. The van der Waals surface area contributed by atoms with Gasteiger partial charge in [-0.15, -0.1) is 0 Å². The molecule has 1 rings (SSSR count). The van der Waals surface area contributed by atoms with Crippen molar-refractivity contribution in [2.75, 3.05) is 0 Å². The van der Waals surface area contributed by atoms with Gasteiger partial charge in [-0.05, 0) is 29.4 Å². The van der Waals surface area contributed by atoms with E-state index in [1.54, 1.807) is 0 Å². The molecule has 0 spiro atoms. The topological polar surface area (TPSA) is 0 Å². The van der Waals surface area contributed by atoms with E-state index in [9.17, 15) is 0 Å². The Hall–Kier alpha value is -0.780. The average molecular weight is 189 g/mol. The van der Waals surface area contributed by atoms with Crippen LogP contribution in [-0.4, -0.2) is 0 Å². The van der Waals surface area contributed by atoms with E-state index in [-0.39, 0.29) is 0 Å². The molecular formula is C14H21. The van der Waals surface area contributed by atoms with Gasteiger partial charge in [-0.2, -0.15) is 0 Å². The van der Waals surface area contributed by atoms with Gasteiger partial charge in [0.15, 0.2) is 0 Å². The predicted molar refractivity (Wildman–Crippen MR) is 62.4 cm³/mol. The summed E-state index contributed by atoms with van der Waals surface area (Å²) in [6.45, 7) is 9.22. The Bertz CT molecular complexity index is 257. The van der Waals surface area contributed by atoms with Gasteiger partial charge in [0.2, 0.25) is 0 Å². The van der Waals surface area contributed by atoms with E-state index >= 15 is 0 Å². The molecule has 0 fully saturated rings. The second-order valence-electron chi connectivity index (χ2n) is 5.11.